The fourth-order valence-corrected chi connectivity index (χ4v) is 5.34. The molecule has 0 saturated heterocycles. The number of fused-ring (bicyclic) bond motifs is 1. The highest BCUT2D eigenvalue weighted by atomic mass is 35.5. The van der Waals surface area contributed by atoms with Crippen molar-refractivity contribution in [2.45, 2.75) is 25.7 Å². The normalized spacial score (nSPS) is 11.3. The molecule has 0 fully saturated rings. The number of methoxy groups -OCH3 is 1. The van der Waals surface area contributed by atoms with Crippen LogP contribution in [0.15, 0.2) is 41.3 Å². The topological polar surface area (TPSA) is 45.7 Å². The third-order valence-corrected chi connectivity index (χ3v) is 7.71. The molecule has 3 aromatic rings. The average Bonchev–Trinajstić information content (AvgIpc) is 3.24. The number of thiazole rings is 1. The molecule has 0 radical (unpaired) electrons. The fraction of sp³-hybridized carbons (Fsp3) is 0.391. The van der Waals surface area contributed by atoms with Crippen LogP contribution in [0.4, 0.5) is 5.13 Å². The third-order valence-electron chi connectivity index (χ3n) is 5.17. The van der Waals surface area contributed by atoms with Crippen LogP contribution in [0.5, 0.6) is 5.75 Å². The second kappa shape index (κ2) is 11.2. The van der Waals surface area contributed by atoms with Crippen LogP contribution in [0.1, 0.15) is 19.4 Å². The molecule has 0 saturated carbocycles. The molecule has 0 aliphatic heterocycles. The molecule has 0 N–H and O–H groups in total. The lowest BCUT2D eigenvalue weighted by atomic mass is 10.2. The van der Waals surface area contributed by atoms with Gasteiger partial charge in [-0.25, -0.2) is 4.98 Å². The number of nitrogens with zero attached hydrogens (tertiary/aromatic N) is 3. The summed E-state index contributed by atoms with van der Waals surface area (Å²) in [5, 5.41) is 1.38. The van der Waals surface area contributed by atoms with E-state index in [2.05, 4.69) is 18.7 Å². The molecule has 0 atom stereocenters. The van der Waals surface area contributed by atoms with E-state index in [-0.39, 0.29) is 5.91 Å². The summed E-state index contributed by atoms with van der Waals surface area (Å²) in [6.07, 6.45) is 0. The Morgan fingerprint density at radius 2 is 1.84 bits per heavy atom. The monoisotopic (exact) mass is 477 g/mol. The molecule has 1 heterocycles. The van der Waals surface area contributed by atoms with Gasteiger partial charge in [0.25, 0.3) is 0 Å². The number of halogens is 1. The number of aromatic nitrogens is 1. The summed E-state index contributed by atoms with van der Waals surface area (Å²) in [5.74, 6) is 1.19. The molecular weight excluding hydrogens is 450 g/mol. The maximum atomic E-state index is 13.3. The molecule has 0 aliphatic carbocycles. The van der Waals surface area contributed by atoms with E-state index in [1.54, 1.807) is 7.11 Å². The number of ether oxygens (including phenoxy) is 1. The second-order valence-corrected chi connectivity index (χ2v) is 9.51. The number of carbonyl (C=O) groups excluding carboxylic acids is 1. The number of hydrogen-bond donors (Lipinski definition) is 0. The van der Waals surface area contributed by atoms with Gasteiger partial charge in [0.1, 0.15) is 5.75 Å². The zero-order chi connectivity index (χ0) is 22.4. The summed E-state index contributed by atoms with van der Waals surface area (Å²) in [6, 6.07) is 11.6. The van der Waals surface area contributed by atoms with E-state index in [0.29, 0.717) is 22.5 Å². The van der Waals surface area contributed by atoms with Crippen molar-refractivity contribution in [2.24, 2.45) is 0 Å². The van der Waals surface area contributed by atoms with Crippen LogP contribution in [-0.2, 0) is 4.79 Å². The predicted molar refractivity (Wildman–Crippen MR) is 133 cm³/mol. The number of hydrogen-bond acceptors (Lipinski definition) is 6. The molecule has 1 amide bonds. The molecule has 0 spiro atoms. The number of thioether (sulfide) groups is 1. The van der Waals surface area contributed by atoms with E-state index >= 15 is 0 Å². The van der Waals surface area contributed by atoms with Crippen molar-refractivity contribution in [3.8, 4) is 5.75 Å². The number of amides is 1. The number of rotatable bonds is 10. The summed E-state index contributed by atoms with van der Waals surface area (Å²) >= 11 is 9.42. The second-order valence-electron chi connectivity index (χ2n) is 7.07. The van der Waals surface area contributed by atoms with Crippen LogP contribution >= 0.6 is 34.7 Å². The Hall–Kier alpha value is -1.80. The van der Waals surface area contributed by atoms with Gasteiger partial charge in [-0.15, -0.1) is 11.8 Å². The lowest BCUT2D eigenvalue weighted by Gasteiger charge is -2.24. The van der Waals surface area contributed by atoms with Gasteiger partial charge in [0, 0.05) is 18.0 Å². The zero-order valence-corrected chi connectivity index (χ0v) is 20.7. The summed E-state index contributed by atoms with van der Waals surface area (Å²) < 4.78 is 6.14. The number of anilines is 1. The smallest absolute Gasteiger partial charge is 0.239 e. The summed E-state index contributed by atoms with van der Waals surface area (Å²) in [7, 11) is 1.64. The largest absolute Gasteiger partial charge is 0.497 e. The highest BCUT2D eigenvalue weighted by Gasteiger charge is 2.22. The molecule has 31 heavy (non-hydrogen) atoms. The quantitative estimate of drug-likeness (QED) is 0.349. The first-order valence-corrected chi connectivity index (χ1v) is 12.5. The SMILES string of the molecule is CCN(CC)CCN(C(=O)CSc1ccc(OC)cc1)c1nc2c(C)ccc(Cl)c2s1. The lowest BCUT2D eigenvalue weighted by molar-refractivity contribution is -0.116. The Kier molecular flexibility index (Phi) is 8.60. The molecule has 0 aliphatic rings. The molecular formula is C23H28ClN3O2S2. The minimum absolute atomic E-state index is 0.0424. The average molecular weight is 478 g/mol. The molecule has 0 unspecified atom stereocenters. The van der Waals surface area contributed by atoms with E-state index < -0.39 is 0 Å². The predicted octanol–water partition coefficient (Wildman–Crippen LogP) is 5.73. The zero-order valence-electron chi connectivity index (χ0n) is 18.4. The highest BCUT2D eigenvalue weighted by Crippen LogP contribution is 2.36. The van der Waals surface area contributed by atoms with Gasteiger partial charge in [-0.2, -0.15) is 0 Å². The Morgan fingerprint density at radius 3 is 2.45 bits per heavy atom. The van der Waals surface area contributed by atoms with Crippen LogP contribution < -0.4 is 9.64 Å². The van der Waals surface area contributed by atoms with Crippen molar-refractivity contribution in [1.82, 2.24) is 9.88 Å². The lowest BCUT2D eigenvalue weighted by Crippen LogP contribution is -2.39. The van der Waals surface area contributed by atoms with Gasteiger partial charge in [-0.3, -0.25) is 9.69 Å². The standard InChI is InChI=1S/C23H28ClN3O2S2/c1-5-26(6-2)13-14-27(20(28)15-30-18-10-8-17(29-4)9-11-18)23-25-21-16(3)7-12-19(24)22(21)31-23/h7-12H,5-6,13-15H2,1-4H3. The third kappa shape index (κ3) is 5.92. The summed E-state index contributed by atoms with van der Waals surface area (Å²) in [6.45, 7) is 9.58. The maximum Gasteiger partial charge on any atom is 0.239 e. The fourth-order valence-electron chi connectivity index (χ4n) is 3.21. The van der Waals surface area contributed by atoms with Crippen LogP contribution in [0, 0.1) is 6.92 Å². The number of carbonyl (C=O) groups is 1. The molecule has 1 aromatic heterocycles. The van der Waals surface area contributed by atoms with Crippen LogP contribution in [0.2, 0.25) is 5.02 Å². The van der Waals surface area contributed by atoms with Gasteiger partial charge in [0.15, 0.2) is 5.13 Å². The highest BCUT2D eigenvalue weighted by molar-refractivity contribution is 8.00. The maximum absolute atomic E-state index is 13.3. The minimum atomic E-state index is 0.0424. The number of likely N-dealkylation sites (N-methyl/N-ethyl adjacent to an activating group) is 1. The van der Waals surface area contributed by atoms with Crippen molar-refractivity contribution in [3.05, 3.63) is 47.0 Å². The van der Waals surface area contributed by atoms with E-state index in [1.165, 1.54) is 23.1 Å². The van der Waals surface area contributed by atoms with Gasteiger partial charge < -0.3 is 9.64 Å². The number of aryl methyl sites for hydroxylation is 1. The summed E-state index contributed by atoms with van der Waals surface area (Å²) in [5.41, 5.74) is 1.93. The Morgan fingerprint density at radius 1 is 1.13 bits per heavy atom. The van der Waals surface area contributed by atoms with Crippen molar-refractivity contribution >= 4 is 56.0 Å². The minimum Gasteiger partial charge on any atom is -0.497 e. The van der Waals surface area contributed by atoms with Crippen LogP contribution in [0.3, 0.4) is 0 Å². The van der Waals surface area contributed by atoms with Gasteiger partial charge >= 0.3 is 0 Å². The first-order chi connectivity index (χ1) is 15.0. The van der Waals surface area contributed by atoms with E-state index in [1.807, 2.05) is 48.2 Å². The van der Waals surface area contributed by atoms with Crippen LogP contribution in [0.25, 0.3) is 10.2 Å². The van der Waals surface area contributed by atoms with Crippen LogP contribution in [-0.4, -0.2) is 54.8 Å². The van der Waals surface area contributed by atoms with Crippen molar-refractivity contribution in [2.75, 3.05) is 43.9 Å². The first kappa shape index (κ1) is 23.9. The first-order valence-electron chi connectivity index (χ1n) is 10.3. The van der Waals surface area contributed by atoms with E-state index in [0.717, 1.165) is 46.1 Å². The molecule has 5 nitrogen and oxygen atoms in total. The van der Waals surface area contributed by atoms with Gasteiger partial charge in [-0.1, -0.05) is 42.9 Å². The Bertz CT molecular complexity index is 981. The molecule has 2 aromatic carbocycles. The van der Waals surface area contributed by atoms with Crippen molar-refractivity contribution in [1.29, 1.82) is 0 Å². The summed E-state index contributed by atoms with van der Waals surface area (Å²) in [4.78, 5) is 23.2. The number of benzene rings is 2. The van der Waals surface area contributed by atoms with Gasteiger partial charge in [-0.05, 0) is 55.9 Å². The van der Waals surface area contributed by atoms with E-state index in [4.69, 9.17) is 21.3 Å². The molecule has 0 bridgehead atoms. The van der Waals surface area contributed by atoms with Gasteiger partial charge in [0.05, 0.1) is 28.1 Å². The van der Waals surface area contributed by atoms with Gasteiger partial charge in [0.2, 0.25) is 5.91 Å². The van der Waals surface area contributed by atoms with Crippen molar-refractivity contribution < 1.29 is 9.53 Å². The Labute approximate surface area is 197 Å². The molecule has 3 rings (SSSR count). The Balaban J connectivity index is 1.82. The van der Waals surface area contributed by atoms with E-state index in [9.17, 15) is 4.79 Å². The molecule has 166 valence electrons. The molecule has 8 heteroatoms. The van der Waals surface area contributed by atoms with Crippen molar-refractivity contribution in [3.63, 3.8) is 0 Å².